The van der Waals surface area contributed by atoms with Gasteiger partial charge in [-0.25, -0.2) is 9.67 Å². The van der Waals surface area contributed by atoms with Crippen molar-refractivity contribution >= 4 is 33.1 Å². The number of nitrogens with zero attached hydrogens (tertiary/aromatic N) is 7. The zero-order valence-corrected chi connectivity index (χ0v) is 25.9. The van der Waals surface area contributed by atoms with Crippen molar-refractivity contribution in [3.05, 3.63) is 77.4 Å². The lowest BCUT2D eigenvalue weighted by atomic mass is 9.96. The lowest BCUT2D eigenvalue weighted by molar-refractivity contribution is 0.371. The molecule has 10 nitrogen and oxygen atoms in total. The second kappa shape index (κ2) is 10.7. The standard InChI is InChI=1S/C35H35N9O/c1-34(2,3)20-40-31-22(17-37)18-39-30-21(16-36)14-24(15-28(30)31)41-32(26-6-5-7-27-25(26)10-13-38-33(27)45-4)29-19-44(43-42-29)35(11-12-35)23-8-9-23/h5-7,10,13-15,18-19,23,32,41H,8-9,11-12,20H2,1-4H3,(H,39,40). The molecule has 0 amide bonds. The number of benzene rings is 2. The number of hydrogen-bond acceptors (Lipinski definition) is 9. The van der Waals surface area contributed by atoms with Crippen LogP contribution < -0.4 is 15.4 Å². The normalized spacial score (nSPS) is 16.1. The van der Waals surface area contributed by atoms with Crippen LogP contribution in [0.4, 0.5) is 11.4 Å². The first-order valence-electron chi connectivity index (χ1n) is 15.4. The molecular weight excluding hydrogens is 562 g/mol. The number of ether oxygens (including phenoxy) is 1. The molecule has 0 aliphatic heterocycles. The average Bonchev–Trinajstić information content (AvgIpc) is 3.98. The third-order valence-electron chi connectivity index (χ3n) is 8.99. The van der Waals surface area contributed by atoms with Gasteiger partial charge in [0.15, 0.2) is 0 Å². The summed E-state index contributed by atoms with van der Waals surface area (Å²) in [7, 11) is 1.62. The monoisotopic (exact) mass is 597 g/mol. The molecule has 3 heterocycles. The van der Waals surface area contributed by atoms with Crippen LogP contribution in [-0.4, -0.2) is 38.6 Å². The van der Waals surface area contributed by atoms with Crippen molar-refractivity contribution in [1.82, 2.24) is 25.0 Å². The smallest absolute Gasteiger partial charge is 0.221 e. The Labute approximate surface area is 262 Å². The molecule has 2 aromatic carbocycles. The molecule has 7 rings (SSSR count). The highest BCUT2D eigenvalue weighted by Crippen LogP contribution is 2.59. The highest BCUT2D eigenvalue weighted by Gasteiger charge is 2.56. The Morgan fingerprint density at radius 1 is 1.04 bits per heavy atom. The van der Waals surface area contributed by atoms with Gasteiger partial charge in [0.2, 0.25) is 5.88 Å². The predicted molar refractivity (Wildman–Crippen MR) is 173 cm³/mol. The summed E-state index contributed by atoms with van der Waals surface area (Å²) < 4.78 is 7.68. The van der Waals surface area contributed by atoms with Crippen LogP contribution in [0.3, 0.4) is 0 Å². The molecule has 0 bridgehead atoms. The first-order chi connectivity index (χ1) is 21.7. The molecule has 0 radical (unpaired) electrons. The summed E-state index contributed by atoms with van der Waals surface area (Å²) in [6, 6.07) is 16.0. The number of methoxy groups -OCH3 is 1. The number of nitrogens with one attached hydrogen (secondary N) is 2. The quantitative estimate of drug-likeness (QED) is 0.190. The topological polar surface area (TPSA) is 137 Å². The maximum absolute atomic E-state index is 10.2. The van der Waals surface area contributed by atoms with Gasteiger partial charge in [0.25, 0.3) is 0 Å². The highest BCUT2D eigenvalue weighted by atomic mass is 16.5. The van der Waals surface area contributed by atoms with Crippen LogP contribution in [0.25, 0.3) is 21.7 Å². The van der Waals surface area contributed by atoms with Gasteiger partial charge in [-0.05, 0) is 72.2 Å². The molecule has 2 aliphatic rings. The van der Waals surface area contributed by atoms with Gasteiger partial charge in [-0.2, -0.15) is 10.5 Å². The van der Waals surface area contributed by atoms with Crippen LogP contribution in [0.1, 0.15) is 74.9 Å². The Balaban J connectivity index is 1.38. The summed E-state index contributed by atoms with van der Waals surface area (Å²) in [5.74, 6) is 1.22. The van der Waals surface area contributed by atoms with Gasteiger partial charge in [-0.1, -0.05) is 38.1 Å². The Morgan fingerprint density at radius 2 is 1.84 bits per heavy atom. The second-order valence-corrected chi connectivity index (χ2v) is 13.4. The molecule has 5 aromatic rings. The van der Waals surface area contributed by atoms with E-state index in [4.69, 9.17) is 9.84 Å². The summed E-state index contributed by atoms with van der Waals surface area (Å²) in [5.41, 5.74) is 4.57. The fourth-order valence-electron chi connectivity index (χ4n) is 6.40. The lowest BCUT2D eigenvalue weighted by Gasteiger charge is -2.23. The summed E-state index contributed by atoms with van der Waals surface area (Å²) in [5, 5.41) is 39.3. The van der Waals surface area contributed by atoms with E-state index >= 15 is 0 Å². The summed E-state index contributed by atoms with van der Waals surface area (Å²) in [6.45, 7) is 7.03. The fourth-order valence-corrected chi connectivity index (χ4v) is 6.40. The summed E-state index contributed by atoms with van der Waals surface area (Å²) in [4.78, 5) is 8.94. The molecule has 0 saturated heterocycles. The van der Waals surface area contributed by atoms with Gasteiger partial charge in [-0.3, -0.25) is 4.98 Å². The van der Waals surface area contributed by atoms with E-state index in [2.05, 4.69) is 75.7 Å². The van der Waals surface area contributed by atoms with Gasteiger partial charge in [-0.15, -0.1) is 5.10 Å². The molecule has 10 heteroatoms. The molecule has 2 saturated carbocycles. The fraction of sp³-hybridized carbons (Fsp3) is 0.371. The maximum Gasteiger partial charge on any atom is 0.221 e. The number of hydrogen-bond donors (Lipinski definition) is 2. The van der Waals surface area contributed by atoms with Crippen LogP contribution in [0.5, 0.6) is 5.88 Å². The van der Waals surface area contributed by atoms with Crippen LogP contribution in [0, 0.1) is 34.0 Å². The number of fused-ring (bicyclic) bond motifs is 2. The third-order valence-corrected chi connectivity index (χ3v) is 8.99. The van der Waals surface area contributed by atoms with Crippen LogP contribution in [-0.2, 0) is 5.54 Å². The minimum Gasteiger partial charge on any atom is -0.481 e. The highest BCUT2D eigenvalue weighted by molar-refractivity contribution is 5.99. The first kappa shape index (κ1) is 28.5. The van der Waals surface area contributed by atoms with Crippen LogP contribution in [0.15, 0.2) is 55.0 Å². The van der Waals surface area contributed by atoms with E-state index in [0.717, 1.165) is 34.9 Å². The van der Waals surface area contributed by atoms with E-state index in [1.165, 1.54) is 19.0 Å². The Bertz CT molecular complexity index is 2020. The van der Waals surface area contributed by atoms with Crippen molar-refractivity contribution in [3.8, 4) is 18.0 Å². The molecule has 3 aromatic heterocycles. The number of pyridine rings is 2. The number of anilines is 2. The zero-order chi connectivity index (χ0) is 31.3. The van der Waals surface area contributed by atoms with Crippen molar-refractivity contribution in [3.63, 3.8) is 0 Å². The minimum absolute atomic E-state index is 0.0309. The molecule has 2 fully saturated rings. The maximum atomic E-state index is 10.2. The van der Waals surface area contributed by atoms with Gasteiger partial charge in [0, 0.05) is 35.4 Å². The molecule has 45 heavy (non-hydrogen) atoms. The van der Waals surface area contributed by atoms with Crippen LogP contribution >= 0.6 is 0 Å². The Kier molecular flexibility index (Phi) is 6.81. The largest absolute Gasteiger partial charge is 0.481 e. The number of rotatable bonds is 9. The summed E-state index contributed by atoms with van der Waals surface area (Å²) in [6.07, 6.45) is 10.1. The van der Waals surface area contributed by atoms with Gasteiger partial charge >= 0.3 is 0 Å². The average molecular weight is 598 g/mol. The molecular formula is C35H35N9O. The van der Waals surface area contributed by atoms with Crippen molar-refractivity contribution < 1.29 is 4.74 Å². The van der Waals surface area contributed by atoms with E-state index in [-0.39, 0.29) is 11.0 Å². The van der Waals surface area contributed by atoms with Gasteiger partial charge < -0.3 is 15.4 Å². The SMILES string of the molecule is COc1nccc2c(C(Nc3cc(C#N)c4ncc(C#N)c(NCC(C)(C)C)c4c3)c3cn(C4(C5CC5)CC4)nn3)cccc12. The summed E-state index contributed by atoms with van der Waals surface area (Å²) >= 11 is 0. The van der Waals surface area contributed by atoms with Gasteiger partial charge in [0.1, 0.15) is 17.8 Å². The Morgan fingerprint density at radius 3 is 2.53 bits per heavy atom. The molecule has 1 unspecified atom stereocenters. The minimum atomic E-state index is -0.411. The molecule has 1 atom stereocenters. The third kappa shape index (κ3) is 5.17. The predicted octanol–water partition coefficient (Wildman–Crippen LogP) is 6.69. The molecule has 226 valence electrons. The van der Waals surface area contributed by atoms with Gasteiger partial charge in [0.05, 0.1) is 47.2 Å². The van der Waals surface area contributed by atoms with E-state index in [0.29, 0.717) is 51.7 Å². The number of nitriles is 2. The van der Waals surface area contributed by atoms with Crippen molar-refractivity contribution in [2.45, 2.75) is 58.0 Å². The molecule has 0 spiro atoms. The van der Waals surface area contributed by atoms with E-state index in [1.54, 1.807) is 13.3 Å². The molecule has 2 aliphatic carbocycles. The number of aromatic nitrogens is 5. The van der Waals surface area contributed by atoms with E-state index in [1.807, 2.05) is 30.3 Å². The zero-order valence-electron chi connectivity index (χ0n) is 25.9. The molecule has 2 N–H and O–H groups in total. The lowest BCUT2D eigenvalue weighted by Crippen LogP contribution is -2.20. The van der Waals surface area contributed by atoms with Crippen molar-refractivity contribution in [1.29, 1.82) is 10.5 Å². The van der Waals surface area contributed by atoms with E-state index in [9.17, 15) is 10.5 Å². The van der Waals surface area contributed by atoms with Crippen molar-refractivity contribution in [2.75, 3.05) is 24.3 Å². The van der Waals surface area contributed by atoms with Crippen molar-refractivity contribution in [2.24, 2.45) is 11.3 Å². The second-order valence-electron chi connectivity index (χ2n) is 13.4. The van der Waals surface area contributed by atoms with E-state index < -0.39 is 6.04 Å². The first-order valence-corrected chi connectivity index (χ1v) is 15.4. The Hall–Kier alpha value is -5.22. The van der Waals surface area contributed by atoms with Crippen LogP contribution in [0.2, 0.25) is 0 Å².